The Kier molecular flexibility index (Phi) is 4.42. The predicted molar refractivity (Wildman–Crippen MR) is 95.2 cm³/mol. The minimum Gasteiger partial charge on any atom is -0.326 e. The number of benzene rings is 2. The summed E-state index contributed by atoms with van der Waals surface area (Å²) in [7, 11) is 0. The van der Waals surface area contributed by atoms with E-state index in [0.717, 1.165) is 22.3 Å². The molecule has 1 amide bonds. The number of nitrogens with zero attached hydrogens (tertiary/aromatic N) is 2. The topological polar surface area (TPSA) is 64.0 Å². The normalized spacial score (nSPS) is 10.8. The Morgan fingerprint density at radius 1 is 1.17 bits per heavy atom. The third kappa shape index (κ3) is 3.35. The SMILES string of the molecule is Cc1ccc(C)c(NC(=O)CCn2ncc(=O)c3ccccc32)c1. The second-order valence-electron chi connectivity index (χ2n) is 5.87. The molecule has 2 aromatic carbocycles. The summed E-state index contributed by atoms with van der Waals surface area (Å²) >= 11 is 0. The van der Waals surface area contributed by atoms with Crippen LogP contribution in [0.4, 0.5) is 5.69 Å². The van der Waals surface area contributed by atoms with Crippen LogP contribution < -0.4 is 10.7 Å². The average Bonchev–Trinajstić information content (AvgIpc) is 2.58. The van der Waals surface area contributed by atoms with Crippen LogP contribution in [0, 0.1) is 13.8 Å². The number of aromatic nitrogens is 2. The number of hydrogen-bond acceptors (Lipinski definition) is 3. The lowest BCUT2D eigenvalue weighted by Crippen LogP contribution is -2.18. The summed E-state index contributed by atoms with van der Waals surface area (Å²) in [5, 5.41) is 7.69. The molecular weight excluding hydrogens is 302 g/mol. The molecule has 0 saturated heterocycles. The molecule has 1 heterocycles. The van der Waals surface area contributed by atoms with Crippen LogP contribution in [0.25, 0.3) is 10.9 Å². The van der Waals surface area contributed by atoms with Gasteiger partial charge in [0, 0.05) is 17.5 Å². The highest BCUT2D eigenvalue weighted by Crippen LogP contribution is 2.16. The Balaban J connectivity index is 1.74. The first kappa shape index (κ1) is 15.9. The molecule has 0 spiro atoms. The second-order valence-corrected chi connectivity index (χ2v) is 5.87. The van der Waals surface area contributed by atoms with Crippen LogP contribution in [-0.2, 0) is 11.3 Å². The Morgan fingerprint density at radius 3 is 2.79 bits per heavy atom. The highest BCUT2D eigenvalue weighted by molar-refractivity contribution is 5.91. The van der Waals surface area contributed by atoms with Crippen LogP contribution in [0.5, 0.6) is 0 Å². The Hall–Kier alpha value is -2.95. The fourth-order valence-corrected chi connectivity index (χ4v) is 2.63. The van der Waals surface area contributed by atoms with Gasteiger partial charge in [0.25, 0.3) is 0 Å². The van der Waals surface area contributed by atoms with Crippen molar-refractivity contribution >= 4 is 22.5 Å². The summed E-state index contributed by atoms with van der Waals surface area (Å²) in [6.07, 6.45) is 1.58. The van der Waals surface area contributed by atoms with Crippen LogP contribution in [0.3, 0.4) is 0 Å². The lowest BCUT2D eigenvalue weighted by atomic mass is 10.1. The van der Waals surface area contributed by atoms with E-state index in [4.69, 9.17) is 0 Å². The first-order valence-corrected chi connectivity index (χ1v) is 7.86. The van der Waals surface area contributed by atoms with Gasteiger partial charge in [-0.15, -0.1) is 0 Å². The van der Waals surface area contributed by atoms with Gasteiger partial charge in [-0.3, -0.25) is 14.3 Å². The minimum atomic E-state index is -0.110. The first-order chi connectivity index (χ1) is 11.5. The van der Waals surface area contributed by atoms with E-state index in [2.05, 4.69) is 10.4 Å². The van der Waals surface area contributed by atoms with Crippen molar-refractivity contribution in [1.82, 2.24) is 9.78 Å². The van der Waals surface area contributed by atoms with E-state index in [1.165, 1.54) is 6.20 Å². The lowest BCUT2D eigenvalue weighted by Gasteiger charge is -2.11. The van der Waals surface area contributed by atoms with Gasteiger partial charge < -0.3 is 5.32 Å². The number of anilines is 1. The number of hydrogen-bond donors (Lipinski definition) is 1. The molecule has 0 bridgehead atoms. The Bertz CT molecular complexity index is 960. The van der Waals surface area contributed by atoms with Gasteiger partial charge in [-0.25, -0.2) is 0 Å². The third-order valence-electron chi connectivity index (χ3n) is 3.98. The van der Waals surface area contributed by atoms with E-state index in [0.29, 0.717) is 11.9 Å². The molecule has 3 aromatic rings. The molecule has 0 fully saturated rings. The van der Waals surface area contributed by atoms with Crippen molar-refractivity contribution in [3.8, 4) is 0 Å². The van der Waals surface area contributed by atoms with Gasteiger partial charge in [0.05, 0.1) is 18.3 Å². The van der Waals surface area contributed by atoms with Gasteiger partial charge in [0.15, 0.2) is 0 Å². The van der Waals surface area contributed by atoms with Crippen molar-refractivity contribution in [3.63, 3.8) is 0 Å². The van der Waals surface area contributed by atoms with Gasteiger partial charge >= 0.3 is 0 Å². The maximum absolute atomic E-state index is 12.2. The third-order valence-corrected chi connectivity index (χ3v) is 3.98. The van der Waals surface area contributed by atoms with E-state index in [1.54, 1.807) is 10.7 Å². The number of carbonyl (C=O) groups is 1. The number of para-hydroxylation sites is 1. The summed E-state index contributed by atoms with van der Waals surface area (Å²) in [5.74, 6) is -0.0757. The second kappa shape index (κ2) is 6.66. The standard InChI is InChI=1S/C19H19N3O2/c1-13-7-8-14(2)16(11-13)21-19(24)9-10-22-17-6-4-3-5-15(17)18(23)12-20-22/h3-8,11-12H,9-10H2,1-2H3,(H,21,24). The first-order valence-electron chi connectivity index (χ1n) is 7.86. The van der Waals surface area contributed by atoms with Crippen molar-refractivity contribution in [1.29, 1.82) is 0 Å². The molecule has 5 nitrogen and oxygen atoms in total. The maximum Gasteiger partial charge on any atom is 0.226 e. The zero-order valence-corrected chi connectivity index (χ0v) is 13.7. The van der Waals surface area contributed by atoms with Gasteiger partial charge in [0.1, 0.15) is 0 Å². The van der Waals surface area contributed by atoms with E-state index in [-0.39, 0.29) is 17.8 Å². The van der Waals surface area contributed by atoms with Gasteiger partial charge in [-0.05, 0) is 43.2 Å². The lowest BCUT2D eigenvalue weighted by molar-refractivity contribution is -0.116. The smallest absolute Gasteiger partial charge is 0.226 e. The molecule has 0 saturated carbocycles. The molecular formula is C19H19N3O2. The summed E-state index contributed by atoms with van der Waals surface area (Å²) < 4.78 is 1.69. The molecule has 1 aromatic heterocycles. The van der Waals surface area contributed by atoms with E-state index in [9.17, 15) is 9.59 Å². The number of fused-ring (bicyclic) bond motifs is 1. The van der Waals surface area contributed by atoms with Crippen LogP contribution in [-0.4, -0.2) is 15.7 Å². The van der Waals surface area contributed by atoms with Crippen molar-refractivity contribution in [2.45, 2.75) is 26.8 Å². The zero-order valence-electron chi connectivity index (χ0n) is 13.7. The fourth-order valence-electron chi connectivity index (χ4n) is 2.63. The quantitative estimate of drug-likeness (QED) is 0.803. The highest BCUT2D eigenvalue weighted by atomic mass is 16.1. The van der Waals surface area contributed by atoms with E-state index < -0.39 is 0 Å². The summed E-state index contributed by atoms with van der Waals surface area (Å²) in [4.78, 5) is 24.1. The summed E-state index contributed by atoms with van der Waals surface area (Å²) in [6, 6.07) is 13.2. The van der Waals surface area contributed by atoms with Gasteiger partial charge in [-0.1, -0.05) is 24.3 Å². The molecule has 0 radical (unpaired) electrons. The van der Waals surface area contributed by atoms with Gasteiger partial charge in [-0.2, -0.15) is 5.10 Å². The number of aryl methyl sites for hydroxylation is 3. The molecule has 3 rings (SSSR count). The number of amides is 1. The van der Waals surface area contributed by atoms with E-state index in [1.807, 2.05) is 50.2 Å². The molecule has 122 valence electrons. The minimum absolute atomic E-state index is 0.0757. The van der Waals surface area contributed by atoms with Crippen molar-refractivity contribution in [3.05, 3.63) is 70.0 Å². The van der Waals surface area contributed by atoms with Crippen LogP contribution >= 0.6 is 0 Å². The average molecular weight is 321 g/mol. The monoisotopic (exact) mass is 321 g/mol. The van der Waals surface area contributed by atoms with Gasteiger partial charge in [0.2, 0.25) is 11.3 Å². The summed E-state index contributed by atoms with van der Waals surface area (Å²) in [5.41, 5.74) is 3.59. The maximum atomic E-state index is 12.2. The van der Waals surface area contributed by atoms with Crippen LogP contribution in [0.15, 0.2) is 53.5 Å². The molecule has 0 aliphatic rings. The molecule has 24 heavy (non-hydrogen) atoms. The zero-order chi connectivity index (χ0) is 17.1. The fraction of sp³-hybridized carbons (Fsp3) is 0.211. The van der Waals surface area contributed by atoms with Crippen molar-refractivity contribution in [2.75, 3.05) is 5.32 Å². The highest BCUT2D eigenvalue weighted by Gasteiger charge is 2.08. The van der Waals surface area contributed by atoms with Crippen LogP contribution in [0.2, 0.25) is 0 Å². The molecule has 0 unspecified atom stereocenters. The predicted octanol–water partition coefficient (Wildman–Crippen LogP) is 3.04. The number of carbonyl (C=O) groups excluding carboxylic acids is 1. The molecule has 0 atom stereocenters. The van der Waals surface area contributed by atoms with Crippen molar-refractivity contribution < 1.29 is 4.79 Å². The molecule has 0 aliphatic heterocycles. The molecule has 5 heteroatoms. The van der Waals surface area contributed by atoms with Crippen molar-refractivity contribution in [2.24, 2.45) is 0 Å². The molecule has 1 N–H and O–H groups in total. The summed E-state index contributed by atoms with van der Waals surface area (Å²) in [6.45, 7) is 4.37. The number of rotatable bonds is 4. The largest absolute Gasteiger partial charge is 0.326 e. The number of nitrogens with one attached hydrogen (secondary N) is 1. The van der Waals surface area contributed by atoms with Crippen LogP contribution in [0.1, 0.15) is 17.5 Å². The Morgan fingerprint density at radius 2 is 1.96 bits per heavy atom. The Labute approximate surface area is 139 Å². The molecule has 0 aliphatic carbocycles. The van der Waals surface area contributed by atoms with E-state index >= 15 is 0 Å².